The van der Waals surface area contributed by atoms with Crippen molar-refractivity contribution in [1.29, 1.82) is 0 Å². The van der Waals surface area contributed by atoms with E-state index < -0.39 is 0 Å². The second kappa shape index (κ2) is 7.92. The molecule has 1 atom stereocenters. The molecule has 0 radical (unpaired) electrons. The van der Waals surface area contributed by atoms with Crippen LogP contribution in [0.15, 0.2) is 30.3 Å². The Morgan fingerprint density at radius 3 is 2.42 bits per heavy atom. The van der Waals surface area contributed by atoms with Crippen molar-refractivity contribution in [1.82, 2.24) is 10.2 Å². The molecule has 106 valence electrons. The van der Waals surface area contributed by atoms with E-state index in [9.17, 15) is 4.79 Å². The van der Waals surface area contributed by atoms with Crippen molar-refractivity contribution < 1.29 is 4.79 Å². The van der Waals surface area contributed by atoms with Crippen LogP contribution in [0.2, 0.25) is 0 Å². The first-order valence-electron chi connectivity index (χ1n) is 6.86. The van der Waals surface area contributed by atoms with Gasteiger partial charge < -0.3 is 11.1 Å². The van der Waals surface area contributed by atoms with E-state index >= 15 is 0 Å². The van der Waals surface area contributed by atoms with Crippen molar-refractivity contribution >= 4 is 5.91 Å². The van der Waals surface area contributed by atoms with Gasteiger partial charge in [-0.05, 0) is 26.0 Å². The van der Waals surface area contributed by atoms with Gasteiger partial charge in [0.25, 0.3) is 0 Å². The fourth-order valence-corrected chi connectivity index (χ4v) is 2.17. The van der Waals surface area contributed by atoms with Gasteiger partial charge in [0.05, 0.1) is 6.54 Å². The molecule has 0 fully saturated rings. The summed E-state index contributed by atoms with van der Waals surface area (Å²) in [6.07, 6.45) is 0. The van der Waals surface area contributed by atoms with Crippen LogP contribution in [-0.4, -0.2) is 36.5 Å². The highest BCUT2D eigenvalue weighted by atomic mass is 16.2. The zero-order chi connectivity index (χ0) is 14.3. The molecule has 1 unspecified atom stereocenters. The van der Waals surface area contributed by atoms with Gasteiger partial charge in [-0.3, -0.25) is 9.69 Å². The number of nitrogens with two attached hydrogens (primary N) is 1. The normalized spacial score (nSPS) is 12.7. The number of nitrogens with one attached hydrogen (secondary N) is 1. The van der Waals surface area contributed by atoms with Crippen LogP contribution < -0.4 is 11.1 Å². The summed E-state index contributed by atoms with van der Waals surface area (Å²) in [5.74, 6) is 0.0474. The Morgan fingerprint density at radius 2 is 1.95 bits per heavy atom. The van der Waals surface area contributed by atoms with E-state index in [2.05, 4.69) is 22.3 Å². The highest BCUT2D eigenvalue weighted by Crippen LogP contribution is 2.18. The number of likely N-dealkylation sites (N-methyl/N-ethyl adjacent to an activating group) is 1. The molecule has 0 aliphatic carbocycles. The molecule has 19 heavy (non-hydrogen) atoms. The molecule has 1 aromatic carbocycles. The van der Waals surface area contributed by atoms with Crippen LogP contribution in [0.1, 0.15) is 32.4 Å². The van der Waals surface area contributed by atoms with Crippen LogP contribution >= 0.6 is 0 Å². The summed E-state index contributed by atoms with van der Waals surface area (Å²) in [7, 11) is 0. The number of carbonyl (C=O) groups is 1. The average molecular weight is 263 g/mol. The summed E-state index contributed by atoms with van der Waals surface area (Å²) >= 11 is 0. The first-order chi connectivity index (χ1) is 9.08. The average Bonchev–Trinajstić information content (AvgIpc) is 2.38. The fourth-order valence-electron chi connectivity index (χ4n) is 2.17. The molecule has 4 heteroatoms. The minimum absolute atomic E-state index is 0.0474. The lowest BCUT2D eigenvalue weighted by Crippen LogP contribution is -2.43. The predicted molar refractivity (Wildman–Crippen MR) is 78.8 cm³/mol. The zero-order valence-corrected chi connectivity index (χ0v) is 12.1. The SMILES string of the molecule is CCN(CC(=O)NC(C)C)C(CN)c1ccccc1. The predicted octanol–water partition coefficient (Wildman–Crippen LogP) is 1.53. The zero-order valence-electron chi connectivity index (χ0n) is 12.1. The lowest BCUT2D eigenvalue weighted by Gasteiger charge is -2.29. The van der Waals surface area contributed by atoms with Gasteiger partial charge in [-0.1, -0.05) is 37.3 Å². The van der Waals surface area contributed by atoms with Gasteiger partial charge in [0.1, 0.15) is 0 Å². The van der Waals surface area contributed by atoms with Gasteiger partial charge in [-0.2, -0.15) is 0 Å². The van der Waals surface area contributed by atoms with Crippen LogP contribution in [0.3, 0.4) is 0 Å². The highest BCUT2D eigenvalue weighted by Gasteiger charge is 2.20. The molecule has 0 bridgehead atoms. The second-order valence-electron chi connectivity index (χ2n) is 4.95. The molecule has 0 spiro atoms. The monoisotopic (exact) mass is 263 g/mol. The van der Waals surface area contributed by atoms with Crippen LogP contribution in [0.25, 0.3) is 0 Å². The molecule has 4 nitrogen and oxygen atoms in total. The molecular weight excluding hydrogens is 238 g/mol. The summed E-state index contributed by atoms with van der Waals surface area (Å²) < 4.78 is 0. The second-order valence-corrected chi connectivity index (χ2v) is 4.95. The first-order valence-corrected chi connectivity index (χ1v) is 6.86. The lowest BCUT2D eigenvalue weighted by molar-refractivity contribution is -0.123. The highest BCUT2D eigenvalue weighted by molar-refractivity contribution is 5.78. The smallest absolute Gasteiger partial charge is 0.234 e. The number of hydrogen-bond donors (Lipinski definition) is 2. The van der Waals surface area contributed by atoms with Crippen LogP contribution in [-0.2, 0) is 4.79 Å². The third kappa shape index (κ3) is 5.01. The van der Waals surface area contributed by atoms with Gasteiger partial charge in [-0.25, -0.2) is 0 Å². The van der Waals surface area contributed by atoms with E-state index in [0.29, 0.717) is 13.1 Å². The molecule has 0 heterocycles. The number of amides is 1. The first kappa shape index (κ1) is 15.7. The Hall–Kier alpha value is -1.39. The molecular formula is C15H25N3O. The molecule has 0 saturated carbocycles. The van der Waals surface area contributed by atoms with E-state index in [1.54, 1.807) is 0 Å². The van der Waals surface area contributed by atoms with E-state index in [4.69, 9.17) is 5.73 Å². The van der Waals surface area contributed by atoms with Crippen molar-refractivity contribution in [3.8, 4) is 0 Å². The quantitative estimate of drug-likeness (QED) is 0.784. The molecule has 0 aliphatic heterocycles. The molecule has 3 N–H and O–H groups in total. The number of rotatable bonds is 7. The van der Waals surface area contributed by atoms with Crippen molar-refractivity contribution in [2.45, 2.75) is 32.9 Å². The van der Waals surface area contributed by atoms with Crippen LogP contribution in [0.5, 0.6) is 0 Å². The van der Waals surface area contributed by atoms with Gasteiger partial charge in [0.15, 0.2) is 0 Å². The summed E-state index contributed by atoms with van der Waals surface area (Å²) in [6, 6.07) is 10.4. The maximum Gasteiger partial charge on any atom is 0.234 e. The third-order valence-corrected chi connectivity index (χ3v) is 3.05. The Balaban J connectivity index is 2.74. The Bertz CT molecular complexity index is 378. The number of hydrogen-bond acceptors (Lipinski definition) is 3. The molecule has 1 amide bonds. The Morgan fingerprint density at radius 1 is 1.32 bits per heavy atom. The molecule has 1 rings (SSSR count). The topological polar surface area (TPSA) is 58.4 Å². The lowest BCUT2D eigenvalue weighted by atomic mass is 10.1. The van der Waals surface area contributed by atoms with Crippen molar-refractivity contribution in [2.75, 3.05) is 19.6 Å². The third-order valence-electron chi connectivity index (χ3n) is 3.05. The number of benzene rings is 1. The van der Waals surface area contributed by atoms with Crippen molar-refractivity contribution in [3.05, 3.63) is 35.9 Å². The largest absolute Gasteiger partial charge is 0.353 e. The standard InChI is InChI=1S/C15H25N3O/c1-4-18(11-15(19)17-12(2)3)14(10-16)13-8-6-5-7-9-13/h5-9,12,14H,4,10-11,16H2,1-3H3,(H,17,19). The van der Waals surface area contributed by atoms with E-state index in [1.807, 2.05) is 39.0 Å². The maximum absolute atomic E-state index is 11.9. The minimum atomic E-state index is 0.0474. The van der Waals surface area contributed by atoms with Gasteiger partial charge in [0.2, 0.25) is 5.91 Å². The summed E-state index contributed by atoms with van der Waals surface area (Å²) in [5, 5.41) is 2.92. The van der Waals surface area contributed by atoms with Crippen LogP contribution in [0.4, 0.5) is 0 Å². The Labute approximate surface area is 116 Å². The van der Waals surface area contributed by atoms with Gasteiger partial charge >= 0.3 is 0 Å². The molecule has 0 aliphatic rings. The minimum Gasteiger partial charge on any atom is -0.353 e. The van der Waals surface area contributed by atoms with Crippen molar-refractivity contribution in [2.24, 2.45) is 5.73 Å². The Kier molecular flexibility index (Phi) is 6.53. The summed E-state index contributed by atoms with van der Waals surface area (Å²) in [4.78, 5) is 14.0. The van der Waals surface area contributed by atoms with Gasteiger partial charge in [0, 0.05) is 18.6 Å². The van der Waals surface area contributed by atoms with E-state index in [1.165, 1.54) is 0 Å². The molecule has 0 aromatic heterocycles. The summed E-state index contributed by atoms with van der Waals surface area (Å²) in [5.41, 5.74) is 7.04. The summed E-state index contributed by atoms with van der Waals surface area (Å²) in [6.45, 7) is 7.66. The van der Waals surface area contributed by atoms with Crippen LogP contribution in [0, 0.1) is 0 Å². The molecule has 0 saturated heterocycles. The van der Waals surface area contributed by atoms with E-state index in [0.717, 1.165) is 12.1 Å². The van der Waals surface area contributed by atoms with Gasteiger partial charge in [-0.15, -0.1) is 0 Å². The number of carbonyl (C=O) groups excluding carboxylic acids is 1. The number of nitrogens with zero attached hydrogens (tertiary/aromatic N) is 1. The van der Waals surface area contributed by atoms with Crippen molar-refractivity contribution in [3.63, 3.8) is 0 Å². The molecule has 1 aromatic rings. The van der Waals surface area contributed by atoms with E-state index in [-0.39, 0.29) is 18.0 Å². The fraction of sp³-hybridized carbons (Fsp3) is 0.533. The maximum atomic E-state index is 11.9.